The van der Waals surface area contributed by atoms with Crippen LogP contribution in [0.4, 0.5) is 0 Å². The molecule has 1 atom stereocenters. The normalized spacial score (nSPS) is 21.4. The molecule has 0 radical (unpaired) electrons. The Kier molecular flexibility index (Phi) is 4.76. The standard InChI is InChI=1S/C17H21ClN2O3/c18-14-1-2-15-12(9-14)8-13(10-23-15)17(22)20-5-3-11(4-6-20)7-16(19)21/h1-2,9,11,13H,3-8,10H2,(H2,19,21)/t13-/m0/s1. The number of rotatable bonds is 3. The van der Waals surface area contributed by atoms with E-state index in [1.807, 2.05) is 17.0 Å². The summed E-state index contributed by atoms with van der Waals surface area (Å²) < 4.78 is 5.71. The van der Waals surface area contributed by atoms with Crippen molar-refractivity contribution < 1.29 is 14.3 Å². The van der Waals surface area contributed by atoms with Crippen molar-refractivity contribution in [2.45, 2.75) is 25.7 Å². The number of fused-ring (bicyclic) bond motifs is 1. The topological polar surface area (TPSA) is 72.6 Å². The van der Waals surface area contributed by atoms with Gasteiger partial charge in [-0.25, -0.2) is 0 Å². The van der Waals surface area contributed by atoms with Gasteiger partial charge >= 0.3 is 0 Å². The molecule has 6 heteroatoms. The summed E-state index contributed by atoms with van der Waals surface area (Å²) in [5, 5.41) is 0.660. The number of halogens is 1. The molecule has 0 spiro atoms. The van der Waals surface area contributed by atoms with Gasteiger partial charge in [0.1, 0.15) is 12.4 Å². The molecule has 124 valence electrons. The number of nitrogens with two attached hydrogens (primary N) is 1. The lowest BCUT2D eigenvalue weighted by atomic mass is 9.91. The second kappa shape index (κ2) is 6.79. The summed E-state index contributed by atoms with van der Waals surface area (Å²) in [6.45, 7) is 1.79. The lowest BCUT2D eigenvalue weighted by molar-refractivity contribution is -0.138. The highest BCUT2D eigenvalue weighted by atomic mass is 35.5. The highest BCUT2D eigenvalue weighted by molar-refractivity contribution is 6.30. The number of hydrogen-bond donors (Lipinski definition) is 1. The Bertz CT molecular complexity index is 612. The van der Waals surface area contributed by atoms with E-state index in [-0.39, 0.29) is 17.7 Å². The van der Waals surface area contributed by atoms with Crippen LogP contribution in [0.1, 0.15) is 24.8 Å². The minimum Gasteiger partial charge on any atom is -0.492 e. The highest BCUT2D eigenvalue weighted by Gasteiger charge is 2.32. The second-order valence-corrected chi connectivity index (χ2v) is 6.84. The number of carbonyl (C=O) groups is 2. The van der Waals surface area contributed by atoms with Crippen molar-refractivity contribution in [3.05, 3.63) is 28.8 Å². The van der Waals surface area contributed by atoms with Crippen molar-refractivity contribution in [3.8, 4) is 5.75 Å². The van der Waals surface area contributed by atoms with Gasteiger partial charge in [0.2, 0.25) is 11.8 Å². The SMILES string of the molecule is NC(=O)CC1CCN(C(=O)[C@@H]2COc3ccc(Cl)cc3C2)CC1. The van der Waals surface area contributed by atoms with Crippen LogP contribution < -0.4 is 10.5 Å². The minimum atomic E-state index is -0.260. The largest absolute Gasteiger partial charge is 0.492 e. The number of piperidine rings is 1. The van der Waals surface area contributed by atoms with Crippen molar-refractivity contribution >= 4 is 23.4 Å². The Morgan fingerprint density at radius 3 is 2.74 bits per heavy atom. The van der Waals surface area contributed by atoms with Crippen LogP contribution in [-0.4, -0.2) is 36.4 Å². The Morgan fingerprint density at radius 1 is 1.30 bits per heavy atom. The van der Waals surface area contributed by atoms with Crippen molar-refractivity contribution in [2.75, 3.05) is 19.7 Å². The minimum absolute atomic E-state index is 0.133. The summed E-state index contributed by atoms with van der Waals surface area (Å²) in [6.07, 6.45) is 2.76. The molecule has 1 fully saturated rings. The van der Waals surface area contributed by atoms with Crippen LogP contribution >= 0.6 is 11.6 Å². The van der Waals surface area contributed by atoms with Gasteiger partial charge in [0.05, 0.1) is 5.92 Å². The zero-order valence-corrected chi connectivity index (χ0v) is 13.7. The van der Waals surface area contributed by atoms with Gasteiger partial charge in [0.15, 0.2) is 0 Å². The van der Waals surface area contributed by atoms with Gasteiger partial charge in [0.25, 0.3) is 0 Å². The number of ether oxygens (including phenoxy) is 1. The maximum atomic E-state index is 12.7. The summed E-state index contributed by atoms with van der Waals surface area (Å²) in [7, 11) is 0. The summed E-state index contributed by atoms with van der Waals surface area (Å²) in [6, 6.07) is 5.52. The number of amides is 2. The molecule has 2 heterocycles. The number of likely N-dealkylation sites (tertiary alicyclic amines) is 1. The molecule has 0 aromatic heterocycles. The quantitative estimate of drug-likeness (QED) is 0.917. The van der Waals surface area contributed by atoms with Gasteiger partial charge in [-0.2, -0.15) is 0 Å². The van der Waals surface area contributed by atoms with Crippen molar-refractivity contribution in [1.29, 1.82) is 0 Å². The third kappa shape index (κ3) is 3.78. The van der Waals surface area contributed by atoms with Gasteiger partial charge in [-0.05, 0) is 48.9 Å². The van der Waals surface area contributed by atoms with E-state index in [9.17, 15) is 9.59 Å². The first-order chi connectivity index (χ1) is 11.0. The molecule has 1 aromatic carbocycles. The van der Waals surface area contributed by atoms with Crippen LogP contribution in [0.3, 0.4) is 0 Å². The first-order valence-electron chi connectivity index (χ1n) is 8.01. The van der Waals surface area contributed by atoms with Crippen LogP contribution in [-0.2, 0) is 16.0 Å². The van der Waals surface area contributed by atoms with Gasteiger partial charge in [0, 0.05) is 24.5 Å². The molecule has 0 bridgehead atoms. The fourth-order valence-corrected chi connectivity index (χ4v) is 3.62. The fourth-order valence-electron chi connectivity index (χ4n) is 3.42. The Hall–Kier alpha value is -1.75. The van der Waals surface area contributed by atoms with Gasteiger partial charge in [-0.15, -0.1) is 0 Å². The molecule has 2 N–H and O–H groups in total. The van der Waals surface area contributed by atoms with E-state index in [0.717, 1.165) is 24.2 Å². The third-order valence-corrected chi connectivity index (χ3v) is 4.93. The molecule has 1 aromatic rings. The molecule has 2 amide bonds. The molecule has 0 aliphatic carbocycles. The van der Waals surface area contributed by atoms with Gasteiger partial charge < -0.3 is 15.4 Å². The Labute approximate surface area is 140 Å². The smallest absolute Gasteiger partial charge is 0.229 e. The van der Waals surface area contributed by atoms with Crippen LogP contribution in [0.2, 0.25) is 5.02 Å². The maximum Gasteiger partial charge on any atom is 0.229 e. The zero-order valence-electron chi connectivity index (χ0n) is 13.0. The highest BCUT2D eigenvalue weighted by Crippen LogP contribution is 2.31. The van der Waals surface area contributed by atoms with Crippen molar-refractivity contribution in [2.24, 2.45) is 17.6 Å². The van der Waals surface area contributed by atoms with Crippen molar-refractivity contribution in [1.82, 2.24) is 4.90 Å². The maximum absolute atomic E-state index is 12.7. The Morgan fingerprint density at radius 2 is 2.04 bits per heavy atom. The van der Waals surface area contributed by atoms with Crippen LogP contribution in [0, 0.1) is 11.8 Å². The van der Waals surface area contributed by atoms with E-state index >= 15 is 0 Å². The molecular weight excluding hydrogens is 316 g/mol. The van der Waals surface area contributed by atoms with E-state index < -0.39 is 0 Å². The van der Waals surface area contributed by atoms with Gasteiger partial charge in [-0.3, -0.25) is 9.59 Å². The first-order valence-corrected chi connectivity index (χ1v) is 8.39. The predicted molar refractivity (Wildman–Crippen MR) is 87.3 cm³/mol. The lowest BCUT2D eigenvalue weighted by Gasteiger charge is -2.35. The molecule has 23 heavy (non-hydrogen) atoms. The van der Waals surface area contributed by atoms with E-state index in [2.05, 4.69) is 0 Å². The zero-order chi connectivity index (χ0) is 16.4. The average molecular weight is 337 g/mol. The third-order valence-electron chi connectivity index (χ3n) is 4.69. The monoisotopic (exact) mass is 336 g/mol. The number of primary amides is 1. The predicted octanol–water partition coefficient (Wildman–Crippen LogP) is 2.01. The molecule has 2 aliphatic rings. The molecule has 0 saturated carbocycles. The number of hydrogen-bond acceptors (Lipinski definition) is 3. The van der Waals surface area contributed by atoms with Crippen LogP contribution in [0.25, 0.3) is 0 Å². The lowest BCUT2D eigenvalue weighted by Crippen LogP contribution is -2.45. The average Bonchev–Trinajstić information content (AvgIpc) is 2.53. The summed E-state index contributed by atoms with van der Waals surface area (Å²) in [5.74, 6) is 0.836. The summed E-state index contributed by atoms with van der Waals surface area (Å²) in [5.41, 5.74) is 6.24. The summed E-state index contributed by atoms with van der Waals surface area (Å²) in [4.78, 5) is 25.6. The molecule has 2 aliphatic heterocycles. The van der Waals surface area contributed by atoms with E-state index in [1.54, 1.807) is 6.07 Å². The van der Waals surface area contributed by atoms with E-state index in [4.69, 9.17) is 22.1 Å². The number of nitrogens with zero attached hydrogens (tertiary/aromatic N) is 1. The molecular formula is C17H21ClN2O3. The van der Waals surface area contributed by atoms with E-state index in [1.165, 1.54) is 0 Å². The van der Waals surface area contributed by atoms with E-state index in [0.29, 0.717) is 43.5 Å². The van der Waals surface area contributed by atoms with Crippen LogP contribution in [0.15, 0.2) is 18.2 Å². The summed E-state index contributed by atoms with van der Waals surface area (Å²) >= 11 is 6.02. The molecule has 3 rings (SSSR count). The fraction of sp³-hybridized carbons (Fsp3) is 0.529. The molecule has 1 saturated heterocycles. The van der Waals surface area contributed by atoms with Gasteiger partial charge in [-0.1, -0.05) is 11.6 Å². The number of carbonyl (C=O) groups excluding carboxylic acids is 2. The van der Waals surface area contributed by atoms with Crippen LogP contribution in [0.5, 0.6) is 5.75 Å². The first kappa shape index (κ1) is 16.1. The molecule has 5 nitrogen and oxygen atoms in total. The number of benzene rings is 1. The molecule has 0 unspecified atom stereocenters. The Balaban J connectivity index is 1.58. The van der Waals surface area contributed by atoms with Crippen molar-refractivity contribution in [3.63, 3.8) is 0 Å². The second-order valence-electron chi connectivity index (χ2n) is 6.40.